The van der Waals surface area contributed by atoms with E-state index >= 15 is 0 Å². The van der Waals surface area contributed by atoms with Crippen molar-refractivity contribution in [1.29, 1.82) is 0 Å². The second kappa shape index (κ2) is 8.97. The van der Waals surface area contributed by atoms with Crippen molar-refractivity contribution in [2.45, 2.75) is 17.7 Å². The molecule has 0 saturated carbocycles. The predicted molar refractivity (Wildman–Crippen MR) is 98.4 cm³/mol. The molecule has 8 nitrogen and oxygen atoms in total. The summed E-state index contributed by atoms with van der Waals surface area (Å²) >= 11 is 0. The van der Waals surface area contributed by atoms with Crippen LogP contribution in [-0.2, 0) is 24.3 Å². The number of hydrogen-bond donors (Lipinski definition) is 0. The van der Waals surface area contributed by atoms with Gasteiger partial charge in [-0.3, -0.25) is 9.59 Å². The molecule has 0 spiro atoms. The van der Waals surface area contributed by atoms with Crippen LogP contribution < -0.4 is 0 Å². The molecule has 2 aliphatic rings. The van der Waals surface area contributed by atoms with Crippen LogP contribution in [0, 0.1) is 5.82 Å². The average molecular weight is 413 g/mol. The summed E-state index contributed by atoms with van der Waals surface area (Å²) in [4.78, 5) is 27.4. The molecule has 0 aromatic heterocycles. The van der Waals surface area contributed by atoms with Crippen molar-refractivity contribution in [2.24, 2.45) is 0 Å². The van der Waals surface area contributed by atoms with Crippen LogP contribution >= 0.6 is 0 Å². The Labute approximate surface area is 163 Å². The van der Waals surface area contributed by atoms with Crippen molar-refractivity contribution < 1.29 is 27.1 Å². The van der Waals surface area contributed by atoms with E-state index in [1.807, 2.05) is 0 Å². The first-order chi connectivity index (χ1) is 13.4. The van der Waals surface area contributed by atoms with Crippen molar-refractivity contribution in [1.82, 2.24) is 14.1 Å². The van der Waals surface area contributed by atoms with Gasteiger partial charge in [0, 0.05) is 52.1 Å². The topological polar surface area (TPSA) is 87.2 Å². The fourth-order valence-corrected chi connectivity index (χ4v) is 4.80. The van der Waals surface area contributed by atoms with Crippen LogP contribution in [0.15, 0.2) is 29.2 Å². The van der Waals surface area contributed by atoms with Crippen LogP contribution in [-0.4, -0.2) is 86.8 Å². The zero-order chi connectivity index (χ0) is 20.1. The molecule has 154 valence electrons. The van der Waals surface area contributed by atoms with Gasteiger partial charge < -0.3 is 14.5 Å². The van der Waals surface area contributed by atoms with Gasteiger partial charge in [-0.25, -0.2) is 12.8 Å². The lowest BCUT2D eigenvalue weighted by Gasteiger charge is -2.34. The summed E-state index contributed by atoms with van der Waals surface area (Å²) in [6, 6.07) is 5.25. The second-order valence-electron chi connectivity index (χ2n) is 6.71. The monoisotopic (exact) mass is 413 g/mol. The zero-order valence-corrected chi connectivity index (χ0v) is 16.4. The number of carbonyl (C=O) groups is 2. The SMILES string of the molecule is O=C(CCC(=O)N1CCN(S(=O)(=O)c2ccccc2F)CC1)N1CCOCC1. The second-order valence-corrected chi connectivity index (χ2v) is 8.61. The van der Waals surface area contributed by atoms with Gasteiger partial charge in [0.1, 0.15) is 10.7 Å². The Hall–Kier alpha value is -2.04. The van der Waals surface area contributed by atoms with E-state index in [2.05, 4.69) is 0 Å². The van der Waals surface area contributed by atoms with Gasteiger partial charge in [0.15, 0.2) is 0 Å². The first-order valence-electron chi connectivity index (χ1n) is 9.27. The van der Waals surface area contributed by atoms with Crippen molar-refractivity contribution in [3.05, 3.63) is 30.1 Å². The van der Waals surface area contributed by atoms with E-state index in [4.69, 9.17) is 4.74 Å². The number of morpholine rings is 1. The van der Waals surface area contributed by atoms with Crippen LogP contribution in [0.2, 0.25) is 0 Å². The van der Waals surface area contributed by atoms with E-state index in [1.165, 1.54) is 22.5 Å². The summed E-state index contributed by atoms with van der Waals surface area (Å²) in [6.45, 7) is 2.74. The fourth-order valence-electron chi connectivity index (χ4n) is 3.31. The molecule has 2 fully saturated rings. The van der Waals surface area contributed by atoms with Gasteiger partial charge in [-0.15, -0.1) is 0 Å². The maximum absolute atomic E-state index is 13.9. The van der Waals surface area contributed by atoms with Crippen molar-refractivity contribution in [3.63, 3.8) is 0 Å². The highest BCUT2D eigenvalue weighted by atomic mass is 32.2. The summed E-state index contributed by atoms with van der Waals surface area (Å²) in [5.74, 6) is -1.04. The third-order valence-corrected chi connectivity index (χ3v) is 6.89. The molecular formula is C18H24FN3O5S. The van der Waals surface area contributed by atoms with Gasteiger partial charge in [0.2, 0.25) is 21.8 Å². The number of amides is 2. The molecule has 0 N–H and O–H groups in total. The maximum atomic E-state index is 13.9. The molecule has 1 aromatic carbocycles. The van der Waals surface area contributed by atoms with Crippen molar-refractivity contribution in [3.8, 4) is 0 Å². The Kier molecular flexibility index (Phi) is 6.63. The molecule has 10 heteroatoms. The molecule has 0 aliphatic carbocycles. The number of ether oxygens (including phenoxy) is 1. The number of benzene rings is 1. The lowest BCUT2D eigenvalue weighted by molar-refractivity contribution is -0.139. The number of nitrogens with zero attached hydrogens (tertiary/aromatic N) is 3. The lowest BCUT2D eigenvalue weighted by Crippen LogP contribution is -2.50. The van der Waals surface area contributed by atoms with Gasteiger partial charge in [-0.05, 0) is 12.1 Å². The molecule has 0 bridgehead atoms. The molecule has 2 amide bonds. The van der Waals surface area contributed by atoms with Crippen LogP contribution in [0.5, 0.6) is 0 Å². The summed E-state index contributed by atoms with van der Waals surface area (Å²) in [5.41, 5.74) is 0. The normalized spacial score (nSPS) is 18.9. The Bertz CT molecular complexity index is 818. The minimum absolute atomic E-state index is 0.0718. The molecule has 3 rings (SSSR count). The predicted octanol–water partition coefficient (Wildman–Crippen LogP) is 0.298. The molecular weight excluding hydrogens is 389 g/mol. The molecule has 2 heterocycles. The van der Waals surface area contributed by atoms with Crippen molar-refractivity contribution in [2.75, 3.05) is 52.5 Å². The smallest absolute Gasteiger partial charge is 0.246 e. The van der Waals surface area contributed by atoms with Gasteiger partial charge in [-0.1, -0.05) is 12.1 Å². The van der Waals surface area contributed by atoms with E-state index in [0.29, 0.717) is 26.3 Å². The molecule has 2 aliphatic heterocycles. The maximum Gasteiger partial charge on any atom is 0.246 e. The quantitative estimate of drug-likeness (QED) is 0.693. The number of halogens is 1. The van der Waals surface area contributed by atoms with Gasteiger partial charge in [0.05, 0.1) is 13.2 Å². The summed E-state index contributed by atoms with van der Waals surface area (Å²) in [7, 11) is -3.93. The Morgan fingerprint density at radius 3 is 2.00 bits per heavy atom. The number of sulfonamides is 1. The molecule has 2 saturated heterocycles. The molecule has 0 unspecified atom stereocenters. The number of piperazine rings is 1. The van der Waals surface area contributed by atoms with E-state index in [1.54, 1.807) is 9.80 Å². The number of hydrogen-bond acceptors (Lipinski definition) is 5. The first kappa shape index (κ1) is 20.7. The summed E-state index contributed by atoms with van der Waals surface area (Å²) in [5, 5.41) is 0. The highest BCUT2D eigenvalue weighted by Gasteiger charge is 2.31. The highest BCUT2D eigenvalue weighted by Crippen LogP contribution is 2.20. The standard InChI is InChI=1S/C18H24FN3O5S/c19-15-3-1-2-4-16(15)28(25,26)22-9-7-20(8-10-22)17(23)5-6-18(24)21-11-13-27-14-12-21/h1-4H,5-14H2. The Morgan fingerprint density at radius 1 is 0.893 bits per heavy atom. The van der Waals surface area contributed by atoms with E-state index in [0.717, 1.165) is 6.07 Å². The molecule has 0 radical (unpaired) electrons. The van der Waals surface area contributed by atoms with Crippen LogP contribution in [0.4, 0.5) is 4.39 Å². The molecule has 1 aromatic rings. The van der Waals surface area contributed by atoms with Gasteiger partial charge in [0.25, 0.3) is 0 Å². The van der Waals surface area contributed by atoms with Gasteiger partial charge in [-0.2, -0.15) is 4.31 Å². The number of carbonyl (C=O) groups excluding carboxylic acids is 2. The zero-order valence-electron chi connectivity index (χ0n) is 15.5. The minimum atomic E-state index is -3.93. The van der Waals surface area contributed by atoms with Crippen LogP contribution in [0.1, 0.15) is 12.8 Å². The molecule has 28 heavy (non-hydrogen) atoms. The summed E-state index contributed by atoms with van der Waals surface area (Å²) in [6.07, 6.45) is 0.225. The third-order valence-electron chi connectivity index (χ3n) is 4.96. The van der Waals surface area contributed by atoms with Crippen molar-refractivity contribution >= 4 is 21.8 Å². The molecule has 0 atom stereocenters. The third kappa shape index (κ3) is 4.68. The average Bonchev–Trinajstić information content (AvgIpc) is 2.72. The van der Waals surface area contributed by atoms with Crippen LogP contribution in [0.25, 0.3) is 0 Å². The minimum Gasteiger partial charge on any atom is -0.378 e. The Morgan fingerprint density at radius 2 is 1.43 bits per heavy atom. The van der Waals surface area contributed by atoms with E-state index < -0.39 is 15.8 Å². The largest absolute Gasteiger partial charge is 0.378 e. The number of rotatable bonds is 5. The highest BCUT2D eigenvalue weighted by molar-refractivity contribution is 7.89. The first-order valence-corrected chi connectivity index (χ1v) is 10.7. The fraction of sp³-hybridized carbons (Fsp3) is 0.556. The van der Waals surface area contributed by atoms with E-state index in [9.17, 15) is 22.4 Å². The van der Waals surface area contributed by atoms with Crippen LogP contribution in [0.3, 0.4) is 0 Å². The summed E-state index contributed by atoms with van der Waals surface area (Å²) < 4.78 is 45.4. The lowest BCUT2D eigenvalue weighted by atomic mass is 10.2. The Balaban J connectivity index is 1.50. The van der Waals surface area contributed by atoms with Gasteiger partial charge >= 0.3 is 0 Å². The van der Waals surface area contributed by atoms with E-state index in [-0.39, 0.29) is 55.7 Å².